The number of piperazine rings is 1. The van der Waals surface area contributed by atoms with Crippen LogP contribution in [-0.4, -0.2) is 59.2 Å². The first-order valence-electron chi connectivity index (χ1n) is 10.7. The van der Waals surface area contributed by atoms with Gasteiger partial charge in [0.05, 0.1) is 12.1 Å². The number of carbonyl (C=O) groups is 2. The first-order chi connectivity index (χ1) is 14.5. The predicted octanol–water partition coefficient (Wildman–Crippen LogP) is 3.22. The summed E-state index contributed by atoms with van der Waals surface area (Å²) in [4.78, 5) is 32.8. The van der Waals surface area contributed by atoms with Gasteiger partial charge in [0, 0.05) is 26.2 Å². The van der Waals surface area contributed by atoms with Crippen LogP contribution in [0.25, 0.3) is 5.57 Å². The van der Waals surface area contributed by atoms with E-state index in [1.165, 1.54) is 4.90 Å². The highest BCUT2D eigenvalue weighted by atomic mass is 16.2. The van der Waals surface area contributed by atoms with Crippen LogP contribution in [0.1, 0.15) is 29.2 Å². The largest absolute Gasteiger partial charge is 0.364 e. The number of hydrogen-bond acceptors (Lipinski definition) is 4. The molecule has 2 aromatic rings. The average Bonchev–Trinajstić information content (AvgIpc) is 3.00. The average molecular weight is 404 g/mol. The van der Waals surface area contributed by atoms with Gasteiger partial charge in [-0.3, -0.25) is 14.5 Å². The van der Waals surface area contributed by atoms with Crippen molar-refractivity contribution in [1.29, 1.82) is 0 Å². The van der Waals surface area contributed by atoms with Gasteiger partial charge in [-0.05, 0) is 31.5 Å². The van der Waals surface area contributed by atoms with Crippen molar-refractivity contribution in [2.45, 2.75) is 27.3 Å². The molecule has 0 radical (unpaired) electrons. The molecule has 0 N–H and O–H groups in total. The van der Waals surface area contributed by atoms with Gasteiger partial charge in [-0.2, -0.15) is 0 Å². The van der Waals surface area contributed by atoms with Gasteiger partial charge >= 0.3 is 0 Å². The van der Waals surface area contributed by atoms with E-state index in [-0.39, 0.29) is 11.8 Å². The first kappa shape index (κ1) is 20.4. The Morgan fingerprint density at radius 3 is 1.90 bits per heavy atom. The predicted molar refractivity (Wildman–Crippen MR) is 119 cm³/mol. The van der Waals surface area contributed by atoms with Crippen LogP contribution in [0.3, 0.4) is 0 Å². The summed E-state index contributed by atoms with van der Waals surface area (Å²) in [6, 6.07) is 15.9. The zero-order valence-electron chi connectivity index (χ0n) is 18.0. The summed E-state index contributed by atoms with van der Waals surface area (Å²) in [6.07, 6.45) is 0. The Labute approximate surface area is 178 Å². The van der Waals surface area contributed by atoms with E-state index < -0.39 is 0 Å². The van der Waals surface area contributed by atoms with Crippen molar-refractivity contribution in [3.05, 3.63) is 76.5 Å². The molecule has 0 spiro atoms. The minimum atomic E-state index is -0.197. The lowest BCUT2D eigenvalue weighted by molar-refractivity contribution is -0.138. The molecule has 0 aromatic heterocycles. The molecule has 2 heterocycles. The number of nitrogens with zero attached hydrogens (tertiary/aromatic N) is 3. The molecule has 0 saturated carbocycles. The quantitative estimate of drug-likeness (QED) is 0.719. The normalized spacial score (nSPS) is 18.0. The second-order valence-electron chi connectivity index (χ2n) is 8.19. The van der Waals surface area contributed by atoms with Gasteiger partial charge in [-0.1, -0.05) is 66.6 Å². The fourth-order valence-corrected chi connectivity index (χ4v) is 4.14. The van der Waals surface area contributed by atoms with Gasteiger partial charge in [-0.25, -0.2) is 0 Å². The van der Waals surface area contributed by atoms with E-state index in [0.29, 0.717) is 17.8 Å². The lowest BCUT2D eigenvalue weighted by Crippen LogP contribution is -2.47. The van der Waals surface area contributed by atoms with Crippen molar-refractivity contribution >= 4 is 17.4 Å². The number of imide groups is 1. The van der Waals surface area contributed by atoms with Gasteiger partial charge in [0.25, 0.3) is 11.8 Å². The van der Waals surface area contributed by atoms with Crippen LogP contribution in [-0.2, 0) is 16.1 Å². The number of benzene rings is 2. The Kier molecular flexibility index (Phi) is 5.73. The molecule has 156 valence electrons. The summed E-state index contributed by atoms with van der Waals surface area (Å²) in [5, 5.41) is 0. The van der Waals surface area contributed by atoms with Gasteiger partial charge in [0.1, 0.15) is 5.70 Å². The van der Waals surface area contributed by atoms with E-state index in [2.05, 4.69) is 16.7 Å². The summed E-state index contributed by atoms with van der Waals surface area (Å²) in [5.74, 6) is -0.376. The van der Waals surface area contributed by atoms with Crippen molar-refractivity contribution in [1.82, 2.24) is 14.7 Å². The number of aryl methyl sites for hydroxylation is 2. The molecule has 1 fully saturated rings. The van der Waals surface area contributed by atoms with E-state index in [9.17, 15) is 9.59 Å². The zero-order chi connectivity index (χ0) is 21.3. The summed E-state index contributed by atoms with van der Waals surface area (Å²) in [5.41, 5.74) is 5.17. The fourth-order valence-electron chi connectivity index (χ4n) is 4.14. The second kappa shape index (κ2) is 8.44. The van der Waals surface area contributed by atoms with Crippen LogP contribution < -0.4 is 0 Å². The van der Waals surface area contributed by atoms with Crippen molar-refractivity contribution in [3.8, 4) is 0 Å². The third-order valence-corrected chi connectivity index (χ3v) is 6.08. The Bertz CT molecular complexity index is 968. The lowest BCUT2D eigenvalue weighted by Gasteiger charge is -2.36. The number of hydrogen-bond donors (Lipinski definition) is 0. The molecule has 0 bridgehead atoms. The van der Waals surface area contributed by atoms with Gasteiger partial charge < -0.3 is 9.80 Å². The van der Waals surface area contributed by atoms with E-state index in [1.54, 1.807) is 0 Å². The third-order valence-electron chi connectivity index (χ3n) is 6.08. The third kappa shape index (κ3) is 3.90. The molecular formula is C25H29N3O2. The first-order valence-corrected chi connectivity index (χ1v) is 10.7. The summed E-state index contributed by atoms with van der Waals surface area (Å²) < 4.78 is 0. The van der Waals surface area contributed by atoms with E-state index in [0.717, 1.165) is 55.0 Å². The van der Waals surface area contributed by atoms with Crippen LogP contribution in [0.4, 0.5) is 0 Å². The van der Waals surface area contributed by atoms with Crippen LogP contribution in [0, 0.1) is 13.8 Å². The van der Waals surface area contributed by atoms with Gasteiger partial charge in [-0.15, -0.1) is 0 Å². The van der Waals surface area contributed by atoms with Crippen molar-refractivity contribution < 1.29 is 9.59 Å². The smallest absolute Gasteiger partial charge is 0.278 e. The van der Waals surface area contributed by atoms with Crippen molar-refractivity contribution in [3.63, 3.8) is 0 Å². The monoisotopic (exact) mass is 403 g/mol. The number of carbonyl (C=O) groups excluding carboxylic acids is 2. The van der Waals surface area contributed by atoms with Crippen LogP contribution in [0.5, 0.6) is 0 Å². The van der Waals surface area contributed by atoms with E-state index in [1.807, 2.05) is 62.4 Å². The van der Waals surface area contributed by atoms with Crippen LogP contribution in [0.2, 0.25) is 0 Å². The molecule has 30 heavy (non-hydrogen) atoms. The molecule has 5 heteroatoms. The molecule has 5 nitrogen and oxygen atoms in total. The molecule has 2 aliphatic heterocycles. The maximum Gasteiger partial charge on any atom is 0.278 e. The second-order valence-corrected chi connectivity index (χ2v) is 8.19. The summed E-state index contributed by atoms with van der Waals surface area (Å²) in [7, 11) is 0. The number of amides is 2. The molecule has 2 amide bonds. The summed E-state index contributed by atoms with van der Waals surface area (Å²) >= 11 is 0. The Balaban J connectivity index is 1.69. The number of likely N-dealkylation sites (N-methyl/N-ethyl adjacent to an activating group) is 1. The van der Waals surface area contributed by atoms with Crippen LogP contribution in [0.15, 0.2) is 54.2 Å². The molecular weight excluding hydrogens is 374 g/mol. The molecule has 0 atom stereocenters. The SMILES string of the molecule is CCN1CCN(C2=C(c3ccc(C)cc3)C(=O)N(Cc3ccc(C)cc3)C2=O)CC1. The highest BCUT2D eigenvalue weighted by Crippen LogP contribution is 2.33. The van der Waals surface area contributed by atoms with E-state index in [4.69, 9.17) is 0 Å². The van der Waals surface area contributed by atoms with Crippen LogP contribution >= 0.6 is 0 Å². The molecule has 2 aliphatic rings. The maximum atomic E-state index is 13.5. The summed E-state index contributed by atoms with van der Waals surface area (Å²) in [6.45, 7) is 10.8. The molecule has 0 aliphatic carbocycles. The lowest BCUT2D eigenvalue weighted by atomic mass is 10.0. The van der Waals surface area contributed by atoms with Gasteiger partial charge in [0.15, 0.2) is 0 Å². The molecule has 4 rings (SSSR count). The van der Waals surface area contributed by atoms with Crippen molar-refractivity contribution in [2.75, 3.05) is 32.7 Å². The highest BCUT2D eigenvalue weighted by Gasteiger charge is 2.42. The Hall–Kier alpha value is -2.92. The standard InChI is InChI=1S/C25H29N3O2/c1-4-26-13-15-27(16-14-26)23-22(21-11-7-19(3)8-12-21)24(29)28(25(23)30)17-20-9-5-18(2)6-10-20/h5-12H,4,13-17H2,1-3H3. The Morgan fingerprint density at radius 2 is 1.33 bits per heavy atom. The van der Waals surface area contributed by atoms with Gasteiger partial charge in [0.2, 0.25) is 0 Å². The highest BCUT2D eigenvalue weighted by molar-refractivity contribution is 6.35. The fraction of sp³-hybridized carbons (Fsp3) is 0.360. The Morgan fingerprint density at radius 1 is 0.767 bits per heavy atom. The van der Waals surface area contributed by atoms with Crippen molar-refractivity contribution in [2.24, 2.45) is 0 Å². The zero-order valence-corrected chi connectivity index (χ0v) is 18.0. The minimum Gasteiger partial charge on any atom is -0.364 e. The molecule has 0 unspecified atom stereocenters. The maximum absolute atomic E-state index is 13.5. The molecule has 1 saturated heterocycles. The van der Waals surface area contributed by atoms with E-state index >= 15 is 0 Å². The minimum absolute atomic E-state index is 0.180. The topological polar surface area (TPSA) is 43.9 Å². The molecule has 2 aromatic carbocycles. The number of rotatable bonds is 5.